The second-order valence-electron chi connectivity index (χ2n) is 0.805. The first-order valence-electron chi connectivity index (χ1n) is 1.76. The monoisotopic (exact) mass is 271 g/mol. The molecule has 0 radical (unpaired) electrons. The average molecular weight is 271 g/mol. The summed E-state index contributed by atoms with van der Waals surface area (Å²) in [5.41, 5.74) is 0. The molecule has 0 aliphatic rings. The summed E-state index contributed by atoms with van der Waals surface area (Å²) in [5.74, 6) is -0.461. The fourth-order valence-corrected chi connectivity index (χ4v) is 0.161. The van der Waals surface area contributed by atoms with E-state index >= 15 is 0 Å². The topological polar surface area (TPSA) is 26.3 Å². The Morgan fingerprint density at radius 1 is 1.86 bits per heavy atom. The summed E-state index contributed by atoms with van der Waals surface area (Å²) in [4.78, 5) is 9.71. The zero-order valence-corrected chi connectivity index (χ0v) is 7.07. The first-order valence-corrected chi connectivity index (χ1v) is 1.76. The average Bonchev–Trinajstić information content (AvgIpc) is 1.35. The molecule has 0 aromatic heterocycles. The van der Waals surface area contributed by atoms with Gasteiger partial charge in [-0.15, -0.1) is 0 Å². The fraction of sp³-hybridized carbons (Fsp3) is 0.500. The quantitative estimate of drug-likeness (QED) is 0.509. The molecule has 0 fully saturated rings. The third kappa shape index (κ3) is 10.7. The van der Waals surface area contributed by atoms with Gasteiger partial charge >= 0.3 is 0 Å². The van der Waals surface area contributed by atoms with Gasteiger partial charge in [0.05, 0.1) is 6.61 Å². The van der Waals surface area contributed by atoms with Gasteiger partial charge in [-0.1, -0.05) is 0 Å². The van der Waals surface area contributed by atoms with Crippen molar-refractivity contribution < 1.29 is 30.6 Å². The van der Waals surface area contributed by atoms with E-state index in [-0.39, 0.29) is 21.1 Å². The molecule has 0 aliphatic carbocycles. The molecular weight excluding hydrogens is 264 g/mol. The van der Waals surface area contributed by atoms with Crippen LogP contribution < -0.4 is 0 Å². The standard InChI is InChI=1S/C4H7O2.W/c1-3-6-4(2)5;/h2-3H2,1H3;/q-1;. The van der Waals surface area contributed by atoms with Crippen LogP contribution in [0.1, 0.15) is 6.92 Å². The fourth-order valence-electron chi connectivity index (χ4n) is 0.161. The summed E-state index contributed by atoms with van der Waals surface area (Å²) in [5, 5.41) is 0. The summed E-state index contributed by atoms with van der Waals surface area (Å²) in [6, 6.07) is 0. The van der Waals surface area contributed by atoms with E-state index in [1.165, 1.54) is 0 Å². The molecule has 0 spiro atoms. The van der Waals surface area contributed by atoms with Crippen molar-refractivity contribution in [2.24, 2.45) is 0 Å². The van der Waals surface area contributed by atoms with E-state index in [4.69, 9.17) is 0 Å². The molecule has 0 rings (SSSR count). The molecule has 0 saturated heterocycles. The summed E-state index contributed by atoms with van der Waals surface area (Å²) in [7, 11) is 0. The Morgan fingerprint density at radius 3 is 2.29 bits per heavy atom. The van der Waals surface area contributed by atoms with Crippen LogP contribution in [-0.2, 0) is 30.6 Å². The predicted octanol–water partition coefficient (Wildman–Crippen LogP) is 0.381. The zero-order valence-electron chi connectivity index (χ0n) is 4.14. The van der Waals surface area contributed by atoms with Crippen molar-refractivity contribution in [3.8, 4) is 0 Å². The minimum absolute atomic E-state index is 0. The zero-order chi connectivity index (χ0) is 4.99. The van der Waals surface area contributed by atoms with Gasteiger partial charge in [0, 0.05) is 21.1 Å². The van der Waals surface area contributed by atoms with Gasteiger partial charge in [-0.2, -0.15) is 0 Å². The largest absolute Gasteiger partial charge is 0.489 e. The van der Waals surface area contributed by atoms with Crippen LogP contribution in [0.25, 0.3) is 0 Å². The maximum atomic E-state index is 9.71. The predicted molar refractivity (Wildman–Crippen MR) is 22.0 cm³/mol. The van der Waals surface area contributed by atoms with E-state index in [9.17, 15) is 4.79 Å². The Bertz CT molecular complexity index is 53.7. The van der Waals surface area contributed by atoms with Crippen LogP contribution in [0.15, 0.2) is 0 Å². The summed E-state index contributed by atoms with van der Waals surface area (Å²) >= 11 is 0. The molecule has 7 heavy (non-hydrogen) atoms. The number of rotatable bonds is 1. The number of carbonyl (C=O) groups is 1. The minimum atomic E-state index is -0.461. The van der Waals surface area contributed by atoms with Crippen LogP contribution in [0.3, 0.4) is 0 Å². The number of carbonyl (C=O) groups excluding carboxylic acids is 1. The molecule has 0 N–H and O–H groups in total. The normalized spacial score (nSPS) is 6.43. The van der Waals surface area contributed by atoms with Gasteiger partial charge in [0.15, 0.2) is 5.97 Å². The van der Waals surface area contributed by atoms with Gasteiger partial charge in [-0.25, -0.2) is 0 Å². The number of hydrogen-bond acceptors (Lipinski definition) is 2. The molecule has 0 aromatic carbocycles. The van der Waals surface area contributed by atoms with Crippen molar-refractivity contribution in [2.45, 2.75) is 6.92 Å². The molecule has 0 aromatic rings. The van der Waals surface area contributed by atoms with Crippen LogP contribution >= 0.6 is 0 Å². The summed E-state index contributed by atoms with van der Waals surface area (Å²) < 4.78 is 4.29. The van der Waals surface area contributed by atoms with Crippen molar-refractivity contribution in [1.82, 2.24) is 0 Å². The van der Waals surface area contributed by atoms with Crippen LogP contribution in [-0.4, -0.2) is 12.6 Å². The molecule has 3 heteroatoms. The Balaban J connectivity index is 0. The van der Waals surface area contributed by atoms with Crippen LogP contribution in [0.4, 0.5) is 0 Å². The molecule has 0 bridgehead atoms. The van der Waals surface area contributed by atoms with Crippen LogP contribution in [0.5, 0.6) is 0 Å². The van der Waals surface area contributed by atoms with E-state index in [2.05, 4.69) is 11.7 Å². The van der Waals surface area contributed by atoms with Crippen LogP contribution in [0.2, 0.25) is 0 Å². The molecule has 2 nitrogen and oxygen atoms in total. The molecule has 42 valence electrons. The Kier molecular flexibility index (Phi) is 8.70. The van der Waals surface area contributed by atoms with Crippen molar-refractivity contribution in [3.63, 3.8) is 0 Å². The SMILES string of the molecule is [CH2-]C(=O)OCC.[W]. The van der Waals surface area contributed by atoms with E-state index in [1.807, 2.05) is 0 Å². The van der Waals surface area contributed by atoms with E-state index in [1.54, 1.807) is 6.92 Å². The smallest absolute Gasteiger partial charge is 0.164 e. The van der Waals surface area contributed by atoms with Crippen molar-refractivity contribution >= 4 is 5.97 Å². The molecule has 0 unspecified atom stereocenters. The molecule has 0 amide bonds. The summed E-state index contributed by atoms with van der Waals surface area (Å²) in [6.07, 6.45) is 0. The van der Waals surface area contributed by atoms with Gasteiger partial charge in [-0.05, 0) is 6.92 Å². The molecule has 0 saturated carbocycles. The third-order valence-corrected chi connectivity index (χ3v) is 0.305. The van der Waals surface area contributed by atoms with Gasteiger partial charge in [-0.3, -0.25) is 11.7 Å². The first kappa shape index (κ1) is 10.1. The Hall–Kier alpha value is 0.0283. The van der Waals surface area contributed by atoms with Gasteiger partial charge < -0.3 is 4.74 Å². The number of ether oxygens (including phenoxy) is 1. The second kappa shape index (κ2) is 6.03. The molecule has 0 aliphatic heterocycles. The first-order chi connectivity index (χ1) is 2.77. The Labute approximate surface area is 57.5 Å². The van der Waals surface area contributed by atoms with Crippen molar-refractivity contribution in [1.29, 1.82) is 0 Å². The maximum Gasteiger partial charge on any atom is 0.164 e. The van der Waals surface area contributed by atoms with E-state index < -0.39 is 5.97 Å². The second-order valence-corrected chi connectivity index (χ2v) is 0.805. The summed E-state index contributed by atoms with van der Waals surface area (Å²) in [6.45, 7) is 5.13. The minimum Gasteiger partial charge on any atom is -0.489 e. The maximum absolute atomic E-state index is 9.71. The van der Waals surface area contributed by atoms with Crippen LogP contribution in [0, 0.1) is 6.92 Å². The van der Waals surface area contributed by atoms with Gasteiger partial charge in [0.25, 0.3) is 0 Å². The van der Waals surface area contributed by atoms with E-state index in [0.29, 0.717) is 6.61 Å². The molecule has 0 heterocycles. The molecular formula is C4H7O2W-. The number of hydrogen-bond donors (Lipinski definition) is 0. The third-order valence-electron chi connectivity index (χ3n) is 0.305. The van der Waals surface area contributed by atoms with E-state index in [0.717, 1.165) is 0 Å². The van der Waals surface area contributed by atoms with Crippen molar-refractivity contribution in [2.75, 3.05) is 6.61 Å². The Morgan fingerprint density at radius 2 is 2.29 bits per heavy atom. The van der Waals surface area contributed by atoms with Crippen molar-refractivity contribution in [3.05, 3.63) is 6.92 Å². The molecule has 0 atom stereocenters. The van der Waals surface area contributed by atoms with Gasteiger partial charge in [0.1, 0.15) is 0 Å². The van der Waals surface area contributed by atoms with Gasteiger partial charge in [0.2, 0.25) is 0 Å². The number of esters is 1.